The summed E-state index contributed by atoms with van der Waals surface area (Å²) in [5.41, 5.74) is 1.25. The monoisotopic (exact) mass is 356 g/mol. The predicted octanol–water partition coefficient (Wildman–Crippen LogP) is 4.07. The van der Waals surface area contributed by atoms with E-state index in [0.717, 1.165) is 28.0 Å². The van der Waals surface area contributed by atoms with E-state index < -0.39 is 0 Å². The number of piperidine rings is 1. The van der Waals surface area contributed by atoms with Crippen LogP contribution in [-0.2, 0) is 6.54 Å². The van der Waals surface area contributed by atoms with E-state index in [0.29, 0.717) is 0 Å². The summed E-state index contributed by atoms with van der Waals surface area (Å²) in [4.78, 5) is 2.64. The van der Waals surface area contributed by atoms with E-state index in [2.05, 4.69) is 32.2 Å². The van der Waals surface area contributed by atoms with Crippen molar-refractivity contribution in [3.8, 4) is 0 Å². The highest BCUT2D eigenvalue weighted by molar-refractivity contribution is 9.10. The molecule has 0 amide bonds. The van der Waals surface area contributed by atoms with Crippen molar-refractivity contribution in [1.82, 2.24) is 10.2 Å². The van der Waals surface area contributed by atoms with E-state index in [9.17, 15) is 0 Å². The lowest BCUT2D eigenvalue weighted by Crippen LogP contribution is -2.39. The van der Waals surface area contributed by atoms with Gasteiger partial charge in [-0.15, -0.1) is 0 Å². The molecule has 2 nitrogen and oxygen atoms in total. The molecule has 1 N–H and O–H groups in total. The van der Waals surface area contributed by atoms with Crippen molar-refractivity contribution in [2.45, 2.75) is 38.3 Å². The second-order valence-electron chi connectivity index (χ2n) is 6.11. The van der Waals surface area contributed by atoms with Crippen molar-refractivity contribution in [3.05, 3.63) is 33.3 Å². The highest BCUT2D eigenvalue weighted by Gasteiger charge is 2.31. The molecule has 0 spiro atoms. The maximum atomic E-state index is 6.35. The molecule has 0 radical (unpaired) electrons. The van der Waals surface area contributed by atoms with Crippen LogP contribution >= 0.6 is 27.5 Å². The fourth-order valence-electron chi connectivity index (χ4n) is 3.08. The second kappa shape index (κ2) is 6.78. The van der Waals surface area contributed by atoms with Crippen LogP contribution in [0.25, 0.3) is 0 Å². The molecule has 1 aliphatic carbocycles. The number of nitrogens with one attached hydrogen (secondary N) is 1. The average molecular weight is 358 g/mol. The molecule has 1 aromatic carbocycles. The van der Waals surface area contributed by atoms with Gasteiger partial charge in [0.05, 0.1) is 0 Å². The minimum absolute atomic E-state index is 0.784. The predicted molar refractivity (Wildman–Crippen MR) is 88.2 cm³/mol. The first-order chi connectivity index (χ1) is 9.72. The fourth-order valence-corrected chi connectivity index (χ4v) is 3.66. The van der Waals surface area contributed by atoms with Crippen LogP contribution in [0.15, 0.2) is 22.7 Å². The van der Waals surface area contributed by atoms with Crippen molar-refractivity contribution in [1.29, 1.82) is 0 Å². The van der Waals surface area contributed by atoms with Crippen LogP contribution in [0, 0.1) is 5.92 Å². The lowest BCUT2D eigenvalue weighted by molar-refractivity contribution is 0.193. The molecule has 1 aromatic rings. The highest BCUT2D eigenvalue weighted by Crippen LogP contribution is 2.32. The summed E-state index contributed by atoms with van der Waals surface area (Å²) in [7, 11) is 0. The standard InChI is InChI=1S/C16H22BrClN2/c17-14-3-6-16(18)13(8-14)11-20(15-4-5-15)10-12-2-1-7-19-9-12/h3,6,8,12,15,19H,1-2,4-5,7,9-11H2. The Kier molecular flexibility index (Phi) is 5.03. The number of halogens is 2. The first kappa shape index (κ1) is 14.8. The largest absolute Gasteiger partial charge is 0.316 e. The van der Waals surface area contributed by atoms with Crippen LogP contribution in [0.4, 0.5) is 0 Å². The van der Waals surface area contributed by atoms with Crippen LogP contribution < -0.4 is 5.32 Å². The lowest BCUT2D eigenvalue weighted by Gasteiger charge is -2.30. The normalized spacial score (nSPS) is 23.2. The molecule has 2 fully saturated rings. The minimum Gasteiger partial charge on any atom is -0.316 e. The van der Waals surface area contributed by atoms with Gasteiger partial charge in [-0.1, -0.05) is 27.5 Å². The van der Waals surface area contributed by atoms with Crippen LogP contribution in [0.3, 0.4) is 0 Å². The third-order valence-electron chi connectivity index (χ3n) is 4.34. The molecular weight excluding hydrogens is 336 g/mol. The quantitative estimate of drug-likeness (QED) is 0.854. The Morgan fingerprint density at radius 1 is 1.30 bits per heavy atom. The Morgan fingerprint density at radius 2 is 2.15 bits per heavy atom. The maximum Gasteiger partial charge on any atom is 0.0451 e. The highest BCUT2D eigenvalue weighted by atomic mass is 79.9. The summed E-state index contributed by atoms with van der Waals surface area (Å²) in [6.45, 7) is 4.56. The van der Waals surface area contributed by atoms with Crippen molar-refractivity contribution in [3.63, 3.8) is 0 Å². The first-order valence-corrected chi connectivity index (χ1v) is 8.78. The van der Waals surface area contributed by atoms with E-state index in [1.165, 1.54) is 50.9 Å². The Morgan fingerprint density at radius 3 is 2.85 bits per heavy atom. The first-order valence-electron chi connectivity index (χ1n) is 7.61. The number of nitrogens with zero attached hydrogens (tertiary/aromatic N) is 1. The molecule has 1 aliphatic heterocycles. The van der Waals surface area contributed by atoms with E-state index in [4.69, 9.17) is 11.6 Å². The molecule has 1 saturated carbocycles. The zero-order chi connectivity index (χ0) is 13.9. The van der Waals surface area contributed by atoms with Crippen molar-refractivity contribution in [2.24, 2.45) is 5.92 Å². The number of hydrogen-bond acceptors (Lipinski definition) is 2. The molecule has 3 rings (SSSR count). The molecule has 1 unspecified atom stereocenters. The summed E-state index contributed by atoms with van der Waals surface area (Å²) in [5, 5.41) is 4.41. The third kappa shape index (κ3) is 3.97. The van der Waals surface area contributed by atoms with Gasteiger partial charge in [0.15, 0.2) is 0 Å². The number of rotatable bonds is 5. The summed E-state index contributed by atoms with van der Waals surface area (Å²) in [5.74, 6) is 0.801. The van der Waals surface area contributed by atoms with Gasteiger partial charge in [0.2, 0.25) is 0 Å². The molecular formula is C16H22BrClN2. The van der Waals surface area contributed by atoms with Gasteiger partial charge in [-0.25, -0.2) is 0 Å². The zero-order valence-corrected chi connectivity index (χ0v) is 14.1. The molecule has 1 heterocycles. The Bertz CT molecular complexity index is 456. The van der Waals surface area contributed by atoms with Gasteiger partial charge in [-0.05, 0) is 68.5 Å². The molecule has 1 saturated heterocycles. The van der Waals surface area contributed by atoms with Gasteiger partial charge < -0.3 is 5.32 Å². The van der Waals surface area contributed by atoms with Crippen LogP contribution in [0.2, 0.25) is 5.02 Å². The Balaban J connectivity index is 1.66. The molecule has 4 heteroatoms. The number of benzene rings is 1. The number of hydrogen-bond donors (Lipinski definition) is 1. The average Bonchev–Trinajstić information content (AvgIpc) is 3.28. The van der Waals surface area contributed by atoms with Gasteiger partial charge >= 0.3 is 0 Å². The van der Waals surface area contributed by atoms with Crippen LogP contribution in [0.1, 0.15) is 31.2 Å². The van der Waals surface area contributed by atoms with Crippen LogP contribution in [-0.4, -0.2) is 30.6 Å². The van der Waals surface area contributed by atoms with Crippen molar-refractivity contribution in [2.75, 3.05) is 19.6 Å². The van der Waals surface area contributed by atoms with Gasteiger partial charge in [-0.3, -0.25) is 4.90 Å². The van der Waals surface area contributed by atoms with E-state index in [1.54, 1.807) is 0 Å². The lowest BCUT2D eigenvalue weighted by atomic mass is 9.98. The Labute approximate surface area is 135 Å². The zero-order valence-electron chi connectivity index (χ0n) is 11.7. The molecule has 2 aliphatic rings. The molecule has 0 bridgehead atoms. The van der Waals surface area contributed by atoms with Gasteiger partial charge in [-0.2, -0.15) is 0 Å². The SMILES string of the molecule is Clc1ccc(Br)cc1CN(CC1CCCNC1)C1CC1. The van der Waals surface area contributed by atoms with Crippen molar-refractivity contribution >= 4 is 27.5 Å². The molecule has 20 heavy (non-hydrogen) atoms. The van der Waals surface area contributed by atoms with Gasteiger partial charge in [0.25, 0.3) is 0 Å². The third-order valence-corrected chi connectivity index (χ3v) is 5.20. The summed E-state index contributed by atoms with van der Waals surface area (Å²) >= 11 is 9.90. The molecule has 110 valence electrons. The van der Waals surface area contributed by atoms with E-state index >= 15 is 0 Å². The topological polar surface area (TPSA) is 15.3 Å². The molecule has 1 atom stereocenters. The summed E-state index contributed by atoms with van der Waals surface area (Å²) in [6.07, 6.45) is 5.39. The smallest absolute Gasteiger partial charge is 0.0451 e. The Hall–Kier alpha value is -0.0900. The minimum atomic E-state index is 0.784. The fraction of sp³-hybridized carbons (Fsp3) is 0.625. The van der Waals surface area contributed by atoms with Gasteiger partial charge in [0.1, 0.15) is 0 Å². The van der Waals surface area contributed by atoms with E-state index in [-0.39, 0.29) is 0 Å². The van der Waals surface area contributed by atoms with Crippen molar-refractivity contribution < 1.29 is 0 Å². The maximum absolute atomic E-state index is 6.35. The molecule has 0 aromatic heterocycles. The summed E-state index contributed by atoms with van der Waals surface area (Å²) in [6, 6.07) is 6.95. The van der Waals surface area contributed by atoms with Gasteiger partial charge in [0, 0.05) is 28.6 Å². The second-order valence-corrected chi connectivity index (χ2v) is 7.43. The van der Waals surface area contributed by atoms with Crippen LogP contribution in [0.5, 0.6) is 0 Å². The van der Waals surface area contributed by atoms with E-state index in [1.807, 2.05) is 12.1 Å². The summed E-state index contributed by atoms with van der Waals surface area (Å²) < 4.78 is 1.12.